The van der Waals surface area contributed by atoms with Gasteiger partial charge in [0.15, 0.2) is 0 Å². The lowest BCUT2D eigenvalue weighted by atomic mass is 10.0. The maximum atomic E-state index is 12.3. The van der Waals surface area contributed by atoms with Gasteiger partial charge in [0, 0.05) is 19.5 Å². The minimum atomic E-state index is 0.112. The summed E-state index contributed by atoms with van der Waals surface area (Å²) in [7, 11) is 0. The van der Waals surface area contributed by atoms with Gasteiger partial charge >= 0.3 is 0 Å². The van der Waals surface area contributed by atoms with Crippen molar-refractivity contribution in [2.45, 2.75) is 51.1 Å². The minimum Gasteiger partial charge on any atom is -0.354 e. The van der Waals surface area contributed by atoms with E-state index < -0.39 is 0 Å². The monoisotopic (exact) mass is 355 g/mol. The lowest BCUT2D eigenvalue weighted by Crippen LogP contribution is -2.38. The van der Waals surface area contributed by atoms with E-state index >= 15 is 0 Å². The molecule has 1 N–H and O–H groups in total. The van der Waals surface area contributed by atoms with Crippen LogP contribution in [0, 0.1) is 0 Å². The van der Waals surface area contributed by atoms with E-state index in [9.17, 15) is 4.79 Å². The van der Waals surface area contributed by atoms with Crippen LogP contribution in [0.1, 0.15) is 50.1 Å². The van der Waals surface area contributed by atoms with Crippen molar-refractivity contribution < 1.29 is 4.79 Å². The normalized spacial score (nSPS) is 16.8. The van der Waals surface area contributed by atoms with Crippen LogP contribution in [0.3, 0.4) is 0 Å². The smallest absolute Gasteiger partial charge is 0.220 e. The predicted octanol–water partition coefficient (Wildman–Crippen LogP) is 2.79. The lowest BCUT2D eigenvalue weighted by Gasteiger charge is -2.31. The van der Waals surface area contributed by atoms with E-state index in [1.54, 1.807) is 11.0 Å². The van der Waals surface area contributed by atoms with Crippen molar-refractivity contribution in [1.82, 2.24) is 25.0 Å². The van der Waals surface area contributed by atoms with Crippen LogP contribution in [-0.4, -0.2) is 45.2 Å². The zero-order chi connectivity index (χ0) is 18.0. The third-order valence-electron chi connectivity index (χ3n) is 5.02. The van der Waals surface area contributed by atoms with Crippen LogP contribution in [0.5, 0.6) is 0 Å². The summed E-state index contributed by atoms with van der Waals surface area (Å²) < 4.78 is 1.76. The number of nitrogens with one attached hydrogen (secondary N) is 1. The van der Waals surface area contributed by atoms with Gasteiger partial charge in [-0.2, -0.15) is 5.10 Å². The maximum absolute atomic E-state index is 12.3. The summed E-state index contributed by atoms with van der Waals surface area (Å²) in [6, 6.07) is 10.8. The summed E-state index contributed by atoms with van der Waals surface area (Å²) in [5, 5.41) is 7.22. The molecule has 0 aliphatic carbocycles. The van der Waals surface area contributed by atoms with Crippen molar-refractivity contribution in [3.05, 3.63) is 48.5 Å². The molecule has 2 aromatic rings. The first-order valence-corrected chi connectivity index (χ1v) is 9.71. The van der Waals surface area contributed by atoms with Crippen molar-refractivity contribution in [2.75, 3.05) is 19.6 Å². The molecule has 6 heteroatoms. The molecule has 1 fully saturated rings. The zero-order valence-corrected chi connectivity index (χ0v) is 15.4. The van der Waals surface area contributed by atoms with E-state index in [2.05, 4.69) is 44.6 Å². The Bertz CT molecular complexity index is 635. The first kappa shape index (κ1) is 18.6. The van der Waals surface area contributed by atoms with Gasteiger partial charge in [-0.05, 0) is 37.9 Å². The number of carbonyl (C=O) groups is 1. The Hall–Kier alpha value is -2.21. The minimum absolute atomic E-state index is 0.112. The van der Waals surface area contributed by atoms with Gasteiger partial charge in [-0.15, -0.1) is 0 Å². The highest BCUT2D eigenvalue weighted by Gasteiger charge is 2.21. The van der Waals surface area contributed by atoms with Crippen molar-refractivity contribution in [2.24, 2.45) is 0 Å². The fourth-order valence-electron chi connectivity index (χ4n) is 3.59. The fraction of sp³-hybridized carbons (Fsp3) is 0.550. The second-order valence-electron chi connectivity index (χ2n) is 6.94. The number of hydrogen-bond acceptors (Lipinski definition) is 4. The Morgan fingerprint density at radius 1 is 1.12 bits per heavy atom. The van der Waals surface area contributed by atoms with Crippen molar-refractivity contribution in [1.29, 1.82) is 0 Å². The summed E-state index contributed by atoms with van der Waals surface area (Å²) in [6.07, 6.45) is 9.61. The molecule has 26 heavy (non-hydrogen) atoms. The number of amides is 1. The van der Waals surface area contributed by atoms with Crippen LogP contribution in [-0.2, 0) is 11.3 Å². The van der Waals surface area contributed by atoms with Gasteiger partial charge < -0.3 is 5.32 Å². The number of benzene rings is 1. The molecule has 1 aromatic heterocycles. The molecule has 0 saturated carbocycles. The molecule has 6 nitrogen and oxygen atoms in total. The molecule has 1 atom stereocenters. The number of aromatic nitrogens is 3. The molecule has 3 rings (SSSR count). The van der Waals surface area contributed by atoms with Crippen LogP contribution >= 0.6 is 0 Å². The molecule has 1 aromatic carbocycles. The highest BCUT2D eigenvalue weighted by Crippen LogP contribution is 2.23. The predicted molar refractivity (Wildman–Crippen MR) is 101 cm³/mol. The summed E-state index contributed by atoms with van der Waals surface area (Å²) in [6.45, 7) is 3.62. The standard InChI is InChI=1S/C20H29N5O/c26-20(11-8-14-25-17-21-16-23-25)22-15-19(18-9-4-3-5-10-18)24-12-6-1-2-7-13-24/h3-5,9-10,16-17,19H,1-2,6-8,11-15H2,(H,22,26). The van der Waals surface area contributed by atoms with Gasteiger partial charge in [-0.25, -0.2) is 4.98 Å². The van der Waals surface area contributed by atoms with Crippen molar-refractivity contribution in [3.8, 4) is 0 Å². The highest BCUT2D eigenvalue weighted by molar-refractivity contribution is 5.75. The second kappa shape index (κ2) is 10.1. The van der Waals surface area contributed by atoms with E-state index in [1.807, 2.05) is 6.07 Å². The Morgan fingerprint density at radius 2 is 1.88 bits per heavy atom. The van der Waals surface area contributed by atoms with Crippen LogP contribution in [0.25, 0.3) is 0 Å². The number of rotatable bonds is 8. The third kappa shape index (κ3) is 5.66. The summed E-state index contributed by atoms with van der Waals surface area (Å²) >= 11 is 0. The van der Waals surface area contributed by atoms with E-state index in [0.29, 0.717) is 13.0 Å². The van der Waals surface area contributed by atoms with Crippen molar-refractivity contribution >= 4 is 5.91 Å². The number of hydrogen-bond donors (Lipinski definition) is 1. The molecular weight excluding hydrogens is 326 g/mol. The average Bonchev–Trinajstić information content (AvgIpc) is 3.04. The molecule has 0 spiro atoms. The Balaban J connectivity index is 1.52. The quantitative estimate of drug-likeness (QED) is 0.791. The Morgan fingerprint density at radius 3 is 2.58 bits per heavy atom. The van der Waals surface area contributed by atoms with Crippen LogP contribution in [0.2, 0.25) is 0 Å². The first-order chi connectivity index (χ1) is 12.8. The van der Waals surface area contributed by atoms with Gasteiger partial charge in [0.25, 0.3) is 0 Å². The summed E-state index contributed by atoms with van der Waals surface area (Å²) in [4.78, 5) is 18.7. The fourth-order valence-corrected chi connectivity index (χ4v) is 3.59. The number of nitrogens with zero attached hydrogens (tertiary/aromatic N) is 4. The number of aryl methyl sites for hydroxylation is 1. The molecule has 0 bridgehead atoms. The Labute approximate surface area is 155 Å². The van der Waals surface area contributed by atoms with E-state index in [-0.39, 0.29) is 11.9 Å². The van der Waals surface area contributed by atoms with Crippen LogP contribution in [0.4, 0.5) is 0 Å². The highest BCUT2D eigenvalue weighted by atomic mass is 16.1. The van der Waals surface area contributed by atoms with Crippen molar-refractivity contribution in [3.63, 3.8) is 0 Å². The number of likely N-dealkylation sites (tertiary alicyclic amines) is 1. The van der Waals surface area contributed by atoms with Gasteiger partial charge in [0.05, 0.1) is 6.04 Å². The van der Waals surface area contributed by atoms with E-state index in [4.69, 9.17) is 0 Å². The molecule has 1 saturated heterocycles. The van der Waals surface area contributed by atoms with Crippen LogP contribution in [0.15, 0.2) is 43.0 Å². The zero-order valence-electron chi connectivity index (χ0n) is 15.4. The SMILES string of the molecule is O=C(CCCn1cncn1)NCC(c1ccccc1)N1CCCCCC1. The largest absolute Gasteiger partial charge is 0.354 e. The van der Waals surface area contributed by atoms with E-state index in [1.165, 1.54) is 37.6 Å². The van der Waals surface area contributed by atoms with Gasteiger partial charge in [-0.1, -0.05) is 43.2 Å². The van der Waals surface area contributed by atoms with Gasteiger partial charge in [0.2, 0.25) is 5.91 Å². The van der Waals surface area contributed by atoms with E-state index in [0.717, 1.165) is 26.1 Å². The molecule has 1 amide bonds. The average molecular weight is 355 g/mol. The molecule has 1 unspecified atom stereocenters. The topological polar surface area (TPSA) is 63.1 Å². The molecular formula is C20H29N5O. The summed E-state index contributed by atoms with van der Waals surface area (Å²) in [5.41, 5.74) is 1.29. The molecule has 1 aliphatic rings. The maximum Gasteiger partial charge on any atom is 0.220 e. The first-order valence-electron chi connectivity index (χ1n) is 9.71. The van der Waals surface area contributed by atoms with Crippen LogP contribution < -0.4 is 5.32 Å². The molecule has 2 heterocycles. The Kier molecular flexibility index (Phi) is 7.19. The molecule has 140 valence electrons. The third-order valence-corrected chi connectivity index (χ3v) is 5.02. The van der Waals surface area contributed by atoms with Gasteiger partial charge in [0.1, 0.15) is 12.7 Å². The molecule has 0 radical (unpaired) electrons. The lowest BCUT2D eigenvalue weighted by molar-refractivity contribution is -0.121. The second-order valence-corrected chi connectivity index (χ2v) is 6.94. The van der Waals surface area contributed by atoms with Gasteiger partial charge in [-0.3, -0.25) is 14.4 Å². The summed E-state index contributed by atoms with van der Waals surface area (Å²) in [5.74, 6) is 0.112. The number of carbonyl (C=O) groups excluding carboxylic acids is 1. The molecule has 1 aliphatic heterocycles.